The second-order valence-electron chi connectivity index (χ2n) is 7.65. The lowest BCUT2D eigenvalue weighted by Gasteiger charge is -2.19. The van der Waals surface area contributed by atoms with Crippen LogP contribution in [0.4, 0.5) is 0 Å². The highest BCUT2D eigenvalue weighted by atomic mass is 35.5. The molecule has 0 heterocycles. The molecule has 184 valence electrons. The van der Waals surface area contributed by atoms with E-state index in [-0.39, 0.29) is 12.0 Å². The van der Waals surface area contributed by atoms with E-state index in [1.165, 1.54) is 0 Å². The first-order valence-corrected chi connectivity index (χ1v) is 12.3. The maximum absolute atomic E-state index is 12.2. The number of alkyl halides is 1. The Morgan fingerprint density at radius 2 is 1.48 bits per heavy atom. The monoisotopic (exact) mass is 477 g/mol. The van der Waals surface area contributed by atoms with Crippen LogP contribution in [0.1, 0.15) is 55.5 Å². The van der Waals surface area contributed by atoms with Crippen LogP contribution in [-0.4, -0.2) is 37.6 Å². The molecular weight excluding hydrogens is 438 g/mol. The summed E-state index contributed by atoms with van der Waals surface area (Å²) >= 11 is 5.74. The Labute approximate surface area is 204 Å². The van der Waals surface area contributed by atoms with Crippen LogP contribution in [0.3, 0.4) is 0 Å². The van der Waals surface area contributed by atoms with E-state index in [9.17, 15) is 4.79 Å². The van der Waals surface area contributed by atoms with Crippen LogP contribution >= 0.6 is 11.6 Å². The van der Waals surface area contributed by atoms with Gasteiger partial charge in [-0.05, 0) is 87.5 Å². The first-order valence-electron chi connectivity index (χ1n) is 11.8. The molecule has 2 rings (SSSR count). The highest BCUT2D eigenvalue weighted by Gasteiger charge is 2.20. The fourth-order valence-electron chi connectivity index (χ4n) is 3.74. The number of benzene rings is 2. The number of likely N-dealkylation sites (N-methyl/N-ethyl adjacent to an activating group) is 1. The molecule has 0 aliphatic carbocycles. The Kier molecular flexibility index (Phi) is 12.9. The van der Waals surface area contributed by atoms with E-state index in [2.05, 4.69) is 17.4 Å². The molecule has 0 aliphatic rings. The molecule has 0 bridgehead atoms. The van der Waals surface area contributed by atoms with E-state index >= 15 is 0 Å². The predicted molar refractivity (Wildman–Crippen MR) is 137 cm³/mol. The van der Waals surface area contributed by atoms with Gasteiger partial charge in [0, 0.05) is 0 Å². The normalized spacial score (nSPS) is 11.3. The largest absolute Gasteiger partial charge is 0.492 e. The van der Waals surface area contributed by atoms with Gasteiger partial charge in [0.15, 0.2) is 0 Å². The van der Waals surface area contributed by atoms with E-state index in [4.69, 9.17) is 25.8 Å². The summed E-state index contributed by atoms with van der Waals surface area (Å²) in [5, 5.41) is 3.22. The SMILES string of the molecule is CC.CCNC(Cc1cc(C)c(Oc2cc(C)c(OCCCl)c(C)c2)c(C)c1)C(=O)OCC. The Hall–Kier alpha value is -2.24. The molecule has 2 aromatic rings. The first-order chi connectivity index (χ1) is 15.8. The van der Waals surface area contributed by atoms with Gasteiger partial charge in [-0.2, -0.15) is 0 Å². The highest BCUT2D eigenvalue weighted by molar-refractivity contribution is 6.18. The molecule has 33 heavy (non-hydrogen) atoms. The van der Waals surface area contributed by atoms with Crippen LogP contribution in [0.2, 0.25) is 0 Å². The summed E-state index contributed by atoms with van der Waals surface area (Å²) in [5.74, 6) is 2.68. The number of carbonyl (C=O) groups excluding carboxylic acids is 1. The van der Waals surface area contributed by atoms with Crippen molar-refractivity contribution in [1.29, 1.82) is 0 Å². The molecule has 0 fully saturated rings. The summed E-state index contributed by atoms with van der Waals surface area (Å²) in [4.78, 5) is 12.2. The van der Waals surface area contributed by atoms with Crippen molar-refractivity contribution in [2.75, 3.05) is 25.6 Å². The predicted octanol–water partition coefficient (Wildman–Crippen LogP) is 6.44. The zero-order valence-corrected chi connectivity index (χ0v) is 22.2. The van der Waals surface area contributed by atoms with E-state index < -0.39 is 0 Å². The van der Waals surface area contributed by atoms with Gasteiger partial charge in [-0.3, -0.25) is 4.79 Å². The molecule has 6 heteroatoms. The average molecular weight is 478 g/mol. The van der Waals surface area contributed by atoms with Crippen molar-refractivity contribution in [3.05, 3.63) is 52.1 Å². The van der Waals surface area contributed by atoms with Crippen molar-refractivity contribution in [3.8, 4) is 17.2 Å². The molecule has 5 nitrogen and oxygen atoms in total. The van der Waals surface area contributed by atoms with Crippen LogP contribution in [0.15, 0.2) is 24.3 Å². The minimum Gasteiger partial charge on any atom is -0.492 e. The van der Waals surface area contributed by atoms with Gasteiger partial charge in [0.2, 0.25) is 0 Å². The van der Waals surface area contributed by atoms with Crippen molar-refractivity contribution < 1.29 is 19.0 Å². The molecule has 1 unspecified atom stereocenters. The lowest BCUT2D eigenvalue weighted by Crippen LogP contribution is -2.39. The number of esters is 1. The number of halogens is 1. The maximum Gasteiger partial charge on any atom is 0.323 e. The van der Waals surface area contributed by atoms with Crippen LogP contribution in [0.5, 0.6) is 17.2 Å². The summed E-state index contributed by atoms with van der Waals surface area (Å²) in [6, 6.07) is 7.74. The number of aryl methyl sites for hydroxylation is 4. The van der Waals surface area contributed by atoms with E-state index in [1.807, 2.05) is 67.5 Å². The van der Waals surface area contributed by atoms with Crippen molar-refractivity contribution >= 4 is 17.6 Å². The Balaban J connectivity index is 0.00000265. The fraction of sp³-hybridized carbons (Fsp3) is 0.519. The smallest absolute Gasteiger partial charge is 0.323 e. The quantitative estimate of drug-likeness (QED) is 0.298. The number of ether oxygens (including phenoxy) is 3. The average Bonchev–Trinajstić information content (AvgIpc) is 2.77. The lowest BCUT2D eigenvalue weighted by molar-refractivity contribution is -0.145. The van der Waals surface area contributed by atoms with Crippen LogP contribution in [-0.2, 0) is 16.0 Å². The molecule has 0 amide bonds. The van der Waals surface area contributed by atoms with Gasteiger partial charge in [-0.25, -0.2) is 0 Å². The number of nitrogens with one attached hydrogen (secondary N) is 1. The number of hydrogen-bond acceptors (Lipinski definition) is 5. The summed E-state index contributed by atoms with van der Waals surface area (Å²) < 4.78 is 17.2. The van der Waals surface area contributed by atoms with Gasteiger partial charge < -0.3 is 19.5 Å². The van der Waals surface area contributed by atoms with Crippen molar-refractivity contribution in [2.45, 2.75) is 67.9 Å². The third-order valence-electron chi connectivity index (χ3n) is 4.96. The minimum absolute atomic E-state index is 0.220. The molecule has 0 aromatic heterocycles. The molecule has 0 saturated carbocycles. The fourth-order valence-corrected chi connectivity index (χ4v) is 3.82. The summed E-state index contributed by atoms with van der Waals surface area (Å²) in [6.07, 6.45) is 0.569. The maximum atomic E-state index is 12.2. The second kappa shape index (κ2) is 14.8. The summed E-state index contributed by atoms with van der Waals surface area (Å²) in [7, 11) is 0. The summed E-state index contributed by atoms with van der Waals surface area (Å²) in [6.45, 7) is 17.4. The Bertz CT molecular complexity index is 852. The van der Waals surface area contributed by atoms with Crippen molar-refractivity contribution in [1.82, 2.24) is 5.32 Å². The second-order valence-corrected chi connectivity index (χ2v) is 8.03. The highest BCUT2D eigenvalue weighted by Crippen LogP contribution is 2.34. The Morgan fingerprint density at radius 3 is 1.97 bits per heavy atom. The molecule has 0 spiro atoms. The molecule has 2 aromatic carbocycles. The third-order valence-corrected chi connectivity index (χ3v) is 5.11. The zero-order chi connectivity index (χ0) is 25.0. The van der Waals surface area contributed by atoms with Gasteiger partial charge in [0.05, 0.1) is 12.5 Å². The standard InChI is InChI=1S/C25H34ClNO4.C2H6/c1-7-27-22(25(28)29-8-2)15-20-11-16(3)24(17(4)12-20)31-21-13-18(5)23(19(6)14-21)30-10-9-26;1-2/h11-14,22,27H,7-10,15H2,1-6H3;1-2H3. The van der Waals surface area contributed by atoms with E-state index in [0.717, 1.165) is 45.1 Å². The number of hydrogen-bond donors (Lipinski definition) is 1. The van der Waals surface area contributed by atoms with Crippen molar-refractivity contribution in [3.63, 3.8) is 0 Å². The van der Waals surface area contributed by atoms with Crippen LogP contribution < -0.4 is 14.8 Å². The van der Waals surface area contributed by atoms with Gasteiger partial charge in [0.25, 0.3) is 0 Å². The van der Waals surface area contributed by atoms with Crippen LogP contribution in [0, 0.1) is 27.7 Å². The van der Waals surface area contributed by atoms with Crippen LogP contribution in [0.25, 0.3) is 0 Å². The molecule has 0 radical (unpaired) electrons. The summed E-state index contributed by atoms with van der Waals surface area (Å²) in [5.41, 5.74) is 5.13. The van der Waals surface area contributed by atoms with Gasteiger partial charge in [-0.1, -0.05) is 32.9 Å². The van der Waals surface area contributed by atoms with Gasteiger partial charge in [-0.15, -0.1) is 11.6 Å². The molecule has 1 N–H and O–H groups in total. The molecule has 0 aliphatic heterocycles. The van der Waals surface area contributed by atoms with Gasteiger partial charge in [0.1, 0.15) is 29.9 Å². The number of rotatable bonds is 11. The lowest BCUT2D eigenvalue weighted by atomic mass is 10.00. The Morgan fingerprint density at radius 1 is 0.939 bits per heavy atom. The van der Waals surface area contributed by atoms with E-state index in [0.29, 0.717) is 32.1 Å². The number of carbonyl (C=O) groups is 1. The molecular formula is C27H40ClNO4. The molecule has 1 atom stereocenters. The van der Waals surface area contributed by atoms with E-state index in [1.54, 1.807) is 0 Å². The first kappa shape index (κ1) is 28.8. The topological polar surface area (TPSA) is 56.8 Å². The molecule has 0 saturated heterocycles. The minimum atomic E-state index is -0.360. The third kappa shape index (κ3) is 8.56. The van der Waals surface area contributed by atoms with Gasteiger partial charge >= 0.3 is 5.97 Å². The zero-order valence-electron chi connectivity index (χ0n) is 21.4. The van der Waals surface area contributed by atoms with Crippen molar-refractivity contribution in [2.24, 2.45) is 0 Å².